The van der Waals surface area contributed by atoms with Crippen LogP contribution in [0, 0.1) is 11.8 Å². The molecule has 1 fully saturated rings. The maximum Gasteiger partial charge on any atom is 0.306 e. The van der Waals surface area contributed by atoms with Crippen LogP contribution in [-0.4, -0.2) is 71.0 Å². The number of carboxylic acids is 1. The Morgan fingerprint density at radius 3 is 2.36 bits per heavy atom. The normalized spacial score (nSPS) is 24.2. The Kier molecular flexibility index (Phi) is 8.23. The number of aliphatic hydroxyl groups excluding tert-OH is 1. The number of carbonyl (C=O) groups excluding carboxylic acids is 2. The maximum absolute atomic E-state index is 12.9. The topological polar surface area (TPSA) is 171 Å². The van der Waals surface area contributed by atoms with E-state index in [1.807, 2.05) is 0 Å². The number of nitrogens with zero attached hydrogens (tertiary/aromatic N) is 1. The van der Waals surface area contributed by atoms with E-state index in [4.69, 9.17) is 16.6 Å². The third kappa shape index (κ3) is 5.92. The Labute approximate surface area is 146 Å². The smallest absolute Gasteiger partial charge is 0.306 e. The van der Waals surface area contributed by atoms with Gasteiger partial charge in [-0.3, -0.25) is 19.7 Å². The highest BCUT2D eigenvalue weighted by molar-refractivity contribution is 5.87. The zero-order chi connectivity index (χ0) is 19.1. The Morgan fingerprint density at radius 1 is 1.28 bits per heavy atom. The lowest BCUT2D eigenvalue weighted by Crippen LogP contribution is -2.58. The summed E-state index contributed by atoms with van der Waals surface area (Å²) >= 11 is 0. The van der Waals surface area contributed by atoms with Gasteiger partial charge in [-0.15, -0.1) is 0 Å². The van der Waals surface area contributed by atoms with Crippen molar-refractivity contribution in [1.29, 1.82) is 0 Å². The highest BCUT2D eigenvalue weighted by atomic mass is 16.4. The molecule has 0 saturated heterocycles. The number of amides is 2. The third-order valence-corrected chi connectivity index (χ3v) is 4.48. The lowest BCUT2D eigenvalue weighted by atomic mass is 9.92. The summed E-state index contributed by atoms with van der Waals surface area (Å²) in [6, 6.07) is -1.33. The van der Waals surface area contributed by atoms with Crippen LogP contribution in [0.25, 0.3) is 0 Å². The summed E-state index contributed by atoms with van der Waals surface area (Å²) in [7, 11) is 0. The number of rotatable bonds is 9. The number of likely N-dealkylation sites (N-methyl/N-ethyl adjacent to an activating group) is 1. The quantitative estimate of drug-likeness (QED) is 0.247. The molecule has 0 spiro atoms. The van der Waals surface area contributed by atoms with Gasteiger partial charge in [-0.2, -0.15) is 0 Å². The van der Waals surface area contributed by atoms with Gasteiger partial charge >= 0.3 is 5.97 Å². The van der Waals surface area contributed by atoms with Crippen molar-refractivity contribution in [2.45, 2.75) is 45.1 Å². The molecule has 10 heteroatoms. The van der Waals surface area contributed by atoms with Crippen LogP contribution in [-0.2, 0) is 14.4 Å². The van der Waals surface area contributed by atoms with Crippen molar-refractivity contribution in [3.63, 3.8) is 0 Å². The van der Waals surface area contributed by atoms with E-state index in [1.54, 1.807) is 6.92 Å². The second-order valence-electron chi connectivity index (χ2n) is 6.29. The van der Waals surface area contributed by atoms with E-state index in [9.17, 15) is 19.5 Å². The molecule has 0 aromatic carbocycles. The molecule has 0 bridgehead atoms. The van der Waals surface area contributed by atoms with E-state index in [0.717, 1.165) is 0 Å². The lowest BCUT2D eigenvalue weighted by molar-refractivity contribution is -0.142. The third-order valence-electron chi connectivity index (χ3n) is 4.48. The first kappa shape index (κ1) is 21.3. The van der Waals surface area contributed by atoms with Gasteiger partial charge in [0.15, 0.2) is 0 Å². The fourth-order valence-corrected chi connectivity index (χ4v) is 3.39. The zero-order valence-corrected chi connectivity index (χ0v) is 14.6. The van der Waals surface area contributed by atoms with Crippen LogP contribution >= 0.6 is 0 Å². The van der Waals surface area contributed by atoms with Crippen LogP contribution in [0.3, 0.4) is 0 Å². The van der Waals surface area contributed by atoms with Gasteiger partial charge in [-0.25, -0.2) is 0 Å². The lowest BCUT2D eigenvalue weighted by Gasteiger charge is -2.33. The van der Waals surface area contributed by atoms with Crippen molar-refractivity contribution in [2.75, 3.05) is 19.7 Å². The summed E-state index contributed by atoms with van der Waals surface area (Å²) in [4.78, 5) is 37.3. The van der Waals surface area contributed by atoms with Gasteiger partial charge in [0.2, 0.25) is 11.8 Å². The molecule has 25 heavy (non-hydrogen) atoms. The predicted octanol–water partition coefficient (Wildman–Crippen LogP) is -2.40. The number of nitrogens with two attached hydrogens (primary N) is 2. The molecule has 8 N–H and O–H groups in total. The molecule has 0 aliphatic heterocycles. The summed E-state index contributed by atoms with van der Waals surface area (Å²) in [5, 5.41) is 24.0. The Morgan fingerprint density at radius 2 is 1.92 bits per heavy atom. The number of nitrogens with one attached hydrogen (secondary N) is 2. The number of carbonyl (C=O) groups is 3. The summed E-state index contributed by atoms with van der Waals surface area (Å²) in [5.41, 5.74) is 11.1. The van der Waals surface area contributed by atoms with Gasteiger partial charge in [-0.05, 0) is 19.8 Å². The Balaban J connectivity index is 3.09. The molecule has 2 amide bonds. The minimum atomic E-state index is -0.961. The number of aliphatic hydroxyl groups is 1. The van der Waals surface area contributed by atoms with Gasteiger partial charge in [0.1, 0.15) is 12.3 Å². The fraction of sp³-hybridized carbons (Fsp3) is 0.800. The van der Waals surface area contributed by atoms with Gasteiger partial charge in [0.05, 0.1) is 12.5 Å². The molecule has 1 rings (SSSR count). The molecule has 10 nitrogen and oxygen atoms in total. The molecule has 1 aliphatic rings. The van der Waals surface area contributed by atoms with Crippen LogP contribution in [0.2, 0.25) is 0 Å². The maximum atomic E-state index is 12.9. The highest BCUT2D eigenvalue weighted by Gasteiger charge is 2.45. The first-order valence-corrected chi connectivity index (χ1v) is 8.38. The van der Waals surface area contributed by atoms with Crippen LogP contribution in [0.1, 0.15) is 26.7 Å². The molecule has 4 unspecified atom stereocenters. The summed E-state index contributed by atoms with van der Waals surface area (Å²) in [6.07, 6.45) is -0.388. The standard InChI is InChI=1S/C15H29N5O5/c1-3-20(4-5-21)13(23)12(18-8(2)22)10-6-9(14(24)25)7-11(10)19-15(16)17/h9-12,15,19,21H,3-7,16-17H2,1-2H3,(H,18,22)(H,24,25). The molecule has 0 aromatic heterocycles. The summed E-state index contributed by atoms with van der Waals surface area (Å²) < 4.78 is 0. The number of carboxylic acid groups (broad SMARTS) is 1. The van der Waals surface area contributed by atoms with Crippen LogP contribution < -0.4 is 22.1 Å². The van der Waals surface area contributed by atoms with Gasteiger partial charge in [-0.1, -0.05) is 0 Å². The molecule has 144 valence electrons. The molecular formula is C15H29N5O5. The van der Waals surface area contributed by atoms with E-state index < -0.39 is 42.1 Å². The summed E-state index contributed by atoms with van der Waals surface area (Å²) in [6.45, 7) is 3.35. The second-order valence-corrected chi connectivity index (χ2v) is 6.29. The molecule has 0 radical (unpaired) electrons. The van der Waals surface area contributed by atoms with Crippen LogP contribution in [0.15, 0.2) is 0 Å². The average Bonchev–Trinajstić information content (AvgIpc) is 2.92. The first-order valence-electron chi connectivity index (χ1n) is 8.38. The van der Waals surface area contributed by atoms with Crippen molar-refractivity contribution >= 4 is 17.8 Å². The van der Waals surface area contributed by atoms with Gasteiger partial charge < -0.3 is 31.9 Å². The van der Waals surface area contributed by atoms with Crippen molar-refractivity contribution in [3.8, 4) is 0 Å². The van der Waals surface area contributed by atoms with Gasteiger partial charge in [0.25, 0.3) is 0 Å². The largest absolute Gasteiger partial charge is 0.481 e. The zero-order valence-electron chi connectivity index (χ0n) is 14.6. The minimum absolute atomic E-state index is 0.134. The number of hydrogen-bond donors (Lipinski definition) is 6. The number of hydrogen-bond acceptors (Lipinski definition) is 7. The van der Waals surface area contributed by atoms with Crippen molar-refractivity contribution < 1.29 is 24.6 Å². The van der Waals surface area contributed by atoms with Crippen molar-refractivity contribution in [3.05, 3.63) is 0 Å². The minimum Gasteiger partial charge on any atom is -0.481 e. The van der Waals surface area contributed by atoms with E-state index in [1.165, 1.54) is 11.8 Å². The molecule has 0 aromatic rings. The fourth-order valence-electron chi connectivity index (χ4n) is 3.39. The van der Waals surface area contributed by atoms with Gasteiger partial charge in [0, 0.05) is 32.0 Å². The molecular weight excluding hydrogens is 330 g/mol. The van der Waals surface area contributed by atoms with E-state index in [2.05, 4.69) is 10.6 Å². The average molecular weight is 359 g/mol. The molecule has 1 aliphatic carbocycles. The monoisotopic (exact) mass is 359 g/mol. The van der Waals surface area contributed by atoms with E-state index in [0.29, 0.717) is 6.54 Å². The van der Waals surface area contributed by atoms with E-state index in [-0.39, 0.29) is 31.9 Å². The first-order chi connectivity index (χ1) is 11.7. The molecule has 1 saturated carbocycles. The van der Waals surface area contributed by atoms with E-state index >= 15 is 0 Å². The summed E-state index contributed by atoms with van der Waals surface area (Å²) in [5.74, 6) is -2.84. The highest BCUT2D eigenvalue weighted by Crippen LogP contribution is 2.34. The van der Waals surface area contributed by atoms with Crippen LogP contribution in [0.4, 0.5) is 0 Å². The predicted molar refractivity (Wildman–Crippen MR) is 89.9 cm³/mol. The number of aliphatic carboxylic acids is 1. The Hall–Kier alpha value is -1.75. The SMILES string of the molecule is CCN(CCO)C(=O)C(NC(C)=O)C1CC(C(=O)O)CC1NC(N)N. The van der Waals surface area contributed by atoms with Crippen molar-refractivity contribution in [1.82, 2.24) is 15.5 Å². The molecule has 0 heterocycles. The Bertz CT molecular complexity index is 487. The second kappa shape index (κ2) is 9.66. The molecule has 4 atom stereocenters. The van der Waals surface area contributed by atoms with Crippen molar-refractivity contribution in [2.24, 2.45) is 23.3 Å². The van der Waals surface area contributed by atoms with Crippen LogP contribution in [0.5, 0.6) is 0 Å².